The van der Waals surface area contributed by atoms with E-state index in [1.807, 2.05) is 5.38 Å². The fourth-order valence-corrected chi connectivity index (χ4v) is 2.32. The zero-order valence-electron chi connectivity index (χ0n) is 7.93. The van der Waals surface area contributed by atoms with Gasteiger partial charge in [-0.3, -0.25) is 0 Å². The maximum Gasteiger partial charge on any atom is 0.184 e. The molecule has 0 amide bonds. The first-order valence-electron chi connectivity index (χ1n) is 3.92. The zero-order chi connectivity index (χ0) is 9.90. The summed E-state index contributed by atoms with van der Waals surface area (Å²) in [5.74, 6) is 0. The molecule has 0 aliphatic carbocycles. The third-order valence-corrected chi connectivity index (χ3v) is 2.89. The molecule has 0 saturated heterocycles. The summed E-state index contributed by atoms with van der Waals surface area (Å²) < 4.78 is 5.96. The smallest absolute Gasteiger partial charge is 0.184 e. The molecule has 13 heavy (non-hydrogen) atoms. The minimum atomic E-state index is -0.0773. The van der Waals surface area contributed by atoms with Gasteiger partial charge in [0.05, 0.1) is 12.1 Å². The second-order valence-corrected chi connectivity index (χ2v) is 5.09. The van der Waals surface area contributed by atoms with Crippen LogP contribution < -0.4 is 5.32 Å². The Balaban J connectivity index is 2.57. The molecular weight excluding hydrogens is 252 g/mol. The number of rotatable bonds is 4. The number of halogens is 1. The highest BCUT2D eigenvalue weighted by molar-refractivity contribution is 9.10. The molecule has 74 valence electrons. The molecule has 5 heteroatoms. The van der Waals surface area contributed by atoms with Crippen molar-refractivity contribution in [2.45, 2.75) is 19.4 Å². The first kappa shape index (κ1) is 10.9. The Labute approximate surface area is 90.6 Å². The minimum absolute atomic E-state index is 0.0773. The van der Waals surface area contributed by atoms with E-state index in [4.69, 9.17) is 4.74 Å². The van der Waals surface area contributed by atoms with Gasteiger partial charge in [0.15, 0.2) is 5.13 Å². The minimum Gasteiger partial charge on any atom is -0.382 e. The molecule has 0 aliphatic rings. The highest BCUT2D eigenvalue weighted by atomic mass is 79.9. The zero-order valence-corrected chi connectivity index (χ0v) is 10.3. The van der Waals surface area contributed by atoms with Crippen LogP contribution in [0.15, 0.2) is 9.98 Å². The number of aromatic nitrogens is 1. The van der Waals surface area contributed by atoms with Gasteiger partial charge in [-0.05, 0) is 29.8 Å². The summed E-state index contributed by atoms with van der Waals surface area (Å²) in [5, 5.41) is 6.15. The second-order valence-electron chi connectivity index (χ2n) is 3.42. The molecule has 0 atom stereocenters. The van der Waals surface area contributed by atoms with Gasteiger partial charge >= 0.3 is 0 Å². The summed E-state index contributed by atoms with van der Waals surface area (Å²) in [6.07, 6.45) is 0. The first-order chi connectivity index (χ1) is 6.03. The maximum absolute atomic E-state index is 5.09. The van der Waals surface area contributed by atoms with Crippen LogP contribution >= 0.6 is 27.3 Å². The Morgan fingerprint density at radius 3 is 2.85 bits per heavy atom. The number of nitrogens with zero attached hydrogens (tertiary/aromatic N) is 1. The van der Waals surface area contributed by atoms with Crippen LogP contribution in [0.2, 0.25) is 0 Å². The highest BCUT2D eigenvalue weighted by Gasteiger charge is 2.18. The van der Waals surface area contributed by atoms with Gasteiger partial charge in [-0.2, -0.15) is 0 Å². The summed E-state index contributed by atoms with van der Waals surface area (Å²) in [7, 11) is 1.70. The lowest BCUT2D eigenvalue weighted by Gasteiger charge is -2.24. The largest absolute Gasteiger partial charge is 0.382 e. The van der Waals surface area contributed by atoms with Gasteiger partial charge in [0.1, 0.15) is 4.60 Å². The van der Waals surface area contributed by atoms with Gasteiger partial charge < -0.3 is 10.1 Å². The quantitative estimate of drug-likeness (QED) is 0.908. The van der Waals surface area contributed by atoms with Crippen molar-refractivity contribution in [3.8, 4) is 0 Å². The lowest BCUT2D eigenvalue weighted by molar-refractivity contribution is 0.158. The van der Waals surface area contributed by atoms with Crippen molar-refractivity contribution in [1.29, 1.82) is 0 Å². The number of methoxy groups -OCH3 is 1. The molecule has 1 N–H and O–H groups in total. The van der Waals surface area contributed by atoms with Gasteiger partial charge in [0, 0.05) is 12.5 Å². The predicted molar refractivity (Wildman–Crippen MR) is 59.4 cm³/mol. The van der Waals surface area contributed by atoms with Gasteiger partial charge in [-0.1, -0.05) is 0 Å². The Bertz CT molecular complexity index is 275. The van der Waals surface area contributed by atoms with E-state index in [1.165, 1.54) is 0 Å². The van der Waals surface area contributed by atoms with Crippen LogP contribution in [0.5, 0.6) is 0 Å². The summed E-state index contributed by atoms with van der Waals surface area (Å²) in [6, 6.07) is 0. The SMILES string of the molecule is COCC(C)(C)Nc1nc(Br)cs1. The average Bonchev–Trinajstić information content (AvgIpc) is 2.34. The van der Waals surface area contributed by atoms with Gasteiger partial charge in [-0.25, -0.2) is 4.98 Å². The fraction of sp³-hybridized carbons (Fsp3) is 0.625. The van der Waals surface area contributed by atoms with E-state index in [-0.39, 0.29) is 5.54 Å². The Hall–Kier alpha value is -0.130. The Morgan fingerprint density at radius 2 is 2.38 bits per heavy atom. The standard InChI is InChI=1S/C8H13BrN2OS/c1-8(2,5-12-3)11-7-10-6(9)4-13-7/h4H,5H2,1-3H3,(H,10,11). The second kappa shape index (κ2) is 4.39. The van der Waals surface area contributed by atoms with E-state index in [0.29, 0.717) is 6.61 Å². The first-order valence-corrected chi connectivity index (χ1v) is 5.59. The number of thiazole rings is 1. The third kappa shape index (κ3) is 3.62. The lowest BCUT2D eigenvalue weighted by atomic mass is 10.1. The normalized spacial score (nSPS) is 11.7. The van der Waals surface area contributed by atoms with Gasteiger partial charge in [0.2, 0.25) is 0 Å². The molecule has 0 fully saturated rings. The van der Waals surface area contributed by atoms with Crippen molar-refractivity contribution in [2.75, 3.05) is 19.0 Å². The van der Waals surface area contributed by atoms with Crippen LogP contribution in [0.4, 0.5) is 5.13 Å². The number of anilines is 1. The van der Waals surface area contributed by atoms with Crippen LogP contribution in [0.25, 0.3) is 0 Å². The molecule has 1 aromatic rings. The Morgan fingerprint density at radius 1 is 1.69 bits per heavy atom. The number of hydrogen-bond donors (Lipinski definition) is 1. The number of nitrogens with one attached hydrogen (secondary N) is 1. The van der Waals surface area contributed by atoms with Crippen molar-refractivity contribution >= 4 is 32.4 Å². The van der Waals surface area contributed by atoms with Gasteiger partial charge in [-0.15, -0.1) is 11.3 Å². The van der Waals surface area contributed by atoms with E-state index in [0.717, 1.165) is 9.73 Å². The molecule has 1 heterocycles. The van der Waals surface area contributed by atoms with Crippen molar-refractivity contribution in [3.63, 3.8) is 0 Å². The van der Waals surface area contributed by atoms with E-state index < -0.39 is 0 Å². The monoisotopic (exact) mass is 264 g/mol. The van der Waals surface area contributed by atoms with E-state index >= 15 is 0 Å². The van der Waals surface area contributed by atoms with Crippen molar-refractivity contribution in [2.24, 2.45) is 0 Å². The van der Waals surface area contributed by atoms with Crippen molar-refractivity contribution < 1.29 is 4.74 Å². The lowest BCUT2D eigenvalue weighted by Crippen LogP contribution is -2.35. The average molecular weight is 265 g/mol. The number of hydrogen-bond acceptors (Lipinski definition) is 4. The summed E-state index contributed by atoms with van der Waals surface area (Å²) in [6.45, 7) is 4.81. The molecule has 0 unspecified atom stereocenters. The van der Waals surface area contributed by atoms with Crippen LogP contribution in [-0.2, 0) is 4.74 Å². The summed E-state index contributed by atoms with van der Waals surface area (Å²) in [5.41, 5.74) is -0.0773. The van der Waals surface area contributed by atoms with Crippen LogP contribution in [-0.4, -0.2) is 24.2 Å². The Kier molecular flexibility index (Phi) is 3.70. The number of ether oxygens (including phenoxy) is 1. The predicted octanol–water partition coefficient (Wildman–Crippen LogP) is 2.74. The van der Waals surface area contributed by atoms with E-state index in [1.54, 1.807) is 18.4 Å². The maximum atomic E-state index is 5.09. The van der Waals surface area contributed by atoms with Crippen LogP contribution in [0, 0.1) is 0 Å². The fourth-order valence-electron chi connectivity index (χ4n) is 0.998. The highest BCUT2D eigenvalue weighted by Crippen LogP contribution is 2.22. The van der Waals surface area contributed by atoms with Crippen LogP contribution in [0.3, 0.4) is 0 Å². The van der Waals surface area contributed by atoms with Gasteiger partial charge in [0.25, 0.3) is 0 Å². The topological polar surface area (TPSA) is 34.1 Å². The summed E-state index contributed by atoms with van der Waals surface area (Å²) >= 11 is 4.88. The van der Waals surface area contributed by atoms with Crippen molar-refractivity contribution in [3.05, 3.63) is 9.98 Å². The molecule has 0 aromatic carbocycles. The van der Waals surface area contributed by atoms with Crippen LogP contribution in [0.1, 0.15) is 13.8 Å². The third-order valence-electron chi connectivity index (χ3n) is 1.43. The molecule has 0 saturated carbocycles. The van der Waals surface area contributed by atoms with Crippen molar-refractivity contribution in [1.82, 2.24) is 4.98 Å². The molecule has 0 spiro atoms. The molecule has 1 aromatic heterocycles. The molecule has 0 radical (unpaired) electrons. The van der Waals surface area contributed by atoms with E-state index in [2.05, 4.69) is 40.1 Å². The molecule has 0 aliphatic heterocycles. The molecule has 3 nitrogen and oxygen atoms in total. The molecular formula is C8H13BrN2OS. The molecule has 0 bridgehead atoms. The van der Waals surface area contributed by atoms with E-state index in [9.17, 15) is 0 Å². The summed E-state index contributed by atoms with van der Waals surface area (Å²) in [4.78, 5) is 4.25. The molecule has 1 rings (SSSR count).